The largest absolute Gasteiger partial charge is 0.241 e. The Hall–Kier alpha value is -1.31. The second kappa shape index (κ2) is 5.85. The van der Waals surface area contributed by atoms with Gasteiger partial charge in [-0.3, -0.25) is 0 Å². The number of nitrogens with zero attached hydrogens (tertiary/aromatic N) is 2. The molecule has 0 amide bonds. The van der Waals surface area contributed by atoms with Gasteiger partial charge in [-0.2, -0.15) is 5.10 Å². The molecule has 0 aliphatic carbocycles. The van der Waals surface area contributed by atoms with Crippen LogP contribution >= 0.6 is 0 Å². The van der Waals surface area contributed by atoms with Gasteiger partial charge in [-0.1, -0.05) is 33.1 Å². The summed E-state index contributed by atoms with van der Waals surface area (Å²) in [5.41, 5.74) is 2.42. The zero-order valence-electron chi connectivity index (χ0n) is 10.9. The van der Waals surface area contributed by atoms with Crippen molar-refractivity contribution in [3.63, 3.8) is 0 Å². The molecular weight excluding hydrogens is 208 g/mol. The predicted molar refractivity (Wildman–Crippen MR) is 72.4 cm³/mol. The lowest BCUT2D eigenvalue weighted by Gasteiger charge is -2.14. The molecule has 2 aromatic rings. The summed E-state index contributed by atoms with van der Waals surface area (Å²) in [6.07, 6.45) is 8.42. The minimum absolute atomic E-state index is 0.619. The van der Waals surface area contributed by atoms with Crippen LogP contribution in [0.5, 0.6) is 0 Å². The fraction of sp³-hybridized carbons (Fsp3) is 0.533. The maximum Gasteiger partial charge on any atom is 0.0646 e. The smallest absolute Gasteiger partial charge is 0.0646 e. The number of unbranched alkanes of at least 4 members (excludes halogenated alkanes) is 2. The second-order valence-corrected chi connectivity index (χ2v) is 4.74. The summed E-state index contributed by atoms with van der Waals surface area (Å²) < 4.78 is 1.98. The Morgan fingerprint density at radius 3 is 2.82 bits per heavy atom. The van der Waals surface area contributed by atoms with Crippen LogP contribution in [-0.4, -0.2) is 9.61 Å². The van der Waals surface area contributed by atoms with Gasteiger partial charge in [-0.05, 0) is 37.1 Å². The Morgan fingerprint density at radius 2 is 2.06 bits per heavy atom. The van der Waals surface area contributed by atoms with E-state index in [0.29, 0.717) is 5.92 Å². The molecule has 2 aromatic heterocycles. The average molecular weight is 230 g/mol. The molecule has 0 aliphatic heterocycles. The van der Waals surface area contributed by atoms with Gasteiger partial charge in [0.05, 0.1) is 11.2 Å². The van der Waals surface area contributed by atoms with Crippen molar-refractivity contribution in [1.29, 1.82) is 0 Å². The number of hydrogen-bond donors (Lipinski definition) is 0. The Balaban J connectivity index is 2.11. The van der Waals surface area contributed by atoms with Gasteiger partial charge in [-0.15, -0.1) is 0 Å². The van der Waals surface area contributed by atoms with Gasteiger partial charge in [0.25, 0.3) is 0 Å². The highest BCUT2D eigenvalue weighted by molar-refractivity contribution is 5.46. The van der Waals surface area contributed by atoms with E-state index in [2.05, 4.69) is 32.0 Å². The first-order valence-corrected chi connectivity index (χ1v) is 6.79. The summed E-state index contributed by atoms with van der Waals surface area (Å²) in [5, 5.41) is 4.70. The molecule has 0 radical (unpaired) electrons. The molecule has 0 aromatic carbocycles. The number of aromatic nitrogens is 2. The van der Waals surface area contributed by atoms with Crippen LogP contribution < -0.4 is 0 Å². The Labute approximate surface area is 104 Å². The van der Waals surface area contributed by atoms with Crippen molar-refractivity contribution in [2.24, 2.45) is 0 Å². The molecule has 1 atom stereocenters. The molecule has 0 N–H and O–H groups in total. The van der Waals surface area contributed by atoms with Crippen molar-refractivity contribution in [2.45, 2.75) is 51.9 Å². The van der Waals surface area contributed by atoms with E-state index in [1.54, 1.807) is 0 Å². The Bertz CT molecular complexity index is 459. The van der Waals surface area contributed by atoms with Crippen molar-refractivity contribution in [2.75, 3.05) is 0 Å². The summed E-state index contributed by atoms with van der Waals surface area (Å²) in [4.78, 5) is 0. The molecule has 0 fully saturated rings. The molecule has 2 heteroatoms. The lowest BCUT2D eigenvalue weighted by Crippen LogP contribution is -2.03. The molecule has 0 bridgehead atoms. The van der Waals surface area contributed by atoms with Gasteiger partial charge in [-0.25, -0.2) is 4.52 Å². The van der Waals surface area contributed by atoms with Crippen LogP contribution in [-0.2, 0) is 0 Å². The van der Waals surface area contributed by atoms with Gasteiger partial charge in [0.15, 0.2) is 0 Å². The third kappa shape index (κ3) is 2.87. The van der Waals surface area contributed by atoms with Crippen LogP contribution in [0.25, 0.3) is 5.52 Å². The maximum atomic E-state index is 4.70. The standard InChI is InChI=1S/C15H22N2/c1-3-5-6-8-13(4-2)15-11-10-14-9-7-12-17(14)16-15/h7,9-13H,3-6,8H2,1-2H3. The van der Waals surface area contributed by atoms with Crippen LogP contribution in [0.4, 0.5) is 0 Å². The number of rotatable bonds is 6. The van der Waals surface area contributed by atoms with Crippen molar-refractivity contribution >= 4 is 5.52 Å². The van der Waals surface area contributed by atoms with Crippen LogP contribution in [0.2, 0.25) is 0 Å². The normalized spacial score (nSPS) is 13.1. The van der Waals surface area contributed by atoms with Crippen LogP contribution in [0.3, 0.4) is 0 Å². The first-order chi connectivity index (χ1) is 8.35. The highest BCUT2D eigenvalue weighted by Crippen LogP contribution is 2.24. The molecule has 2 rings (SSSR count). The SMILES string of the molecule is CCCCCC(CC)c1ccc2cccn2n1. The van der Waals surface area contributed by atoms with E-state index < -0.39 is 0 Å². The Morgan fingerprint density at radius 1 is 1.18 bits per heavy atom. The van der Waals surface area contributed by atoms with Crippen molar-refractivity contribution in [3.05, 3.63) is 36.2 Å². The number of hydrogen-bond acceptors (Lipinski definition) is 1. The first kappa shape index (κ1) is 12.2. The van der Waals surface area contributed by atoms with Crippen molar-refractivity contribution in [1.82, 2.24) is 9.61 Å². The van der Waals surface area contributed by atoms with Crippen LogP contribution in [0.1, 0.15) is 57.6 Å². The van der Waals surface area contributed by atoms with Crippen molar-refractivity contribution < 1.29 is 0 Å². The van der Waals surface area contributed by atoms with E-state index in [1.807, 2.05) is 16.8 Å². The van der Waals surface area contributed by atoms with Crippen molar-refractivity contribution in [3.8, 4) is 0 Å². The van der Waals surface area contributed by atoms with E-state index in [4.69, 9.17) is 5.10 Å². The van der Waals surface area contributed by atoms with Gasteiger partial charge in [0, 0.05) is 12.1 Å². The molecule has 0 saturated carbocycles. The summed E-state index contributed by atoms with van der Waals surface area (Å²) in [6, 6.07) is 8.50. The van der Waals surface area contributed by atoms with E-state index in [1.165, 1.54) is 43.3 Å². The highest BCUT2D eigenvalue weighted by atomic mass is 15.2. The van der Waals surface area contributed by atoms with Gasteiger partial charge in [0.1, 0.15) is 0 Å². The molecule has 0 aliphatic rings. The topological polar surface area (TPSA) is 17.3 Å². The molecule has 92 valence electrons. The molecular formula is C15H22N2. The summed E-state index contributed by atoms with van der Waals surface area (Å²) in [5.74, 6) is 0.619. The summed E-state index contributed by atoms with van der Waals surface area (Å²) in [6.45, 7) is 4.52. The van der Waals surface area contributed by atoms with E-state index in [0.717, 1.165) is 0 Å². The zero-order valence-corrected chi connectivity index (χ0v) is 10.9. The van der Waals surface area contributed by atoms with E-state index in [-0.39, 0.29) is 0 Å². The van der Waals surface area contributed by atoms with E-state index in [9.17, 15) is 0 Å². The summed E-state index contributed by atoms with van der Waals surface area (Å²) >= 11 is 0. The van der Waals surface area contributed by atoms with Gasteiger partial charge < -0.3 is 0 Å². The first-order valence-electron chi connectivity index (χ1n) is 6.79. The second-order valence-electron chi connectivity index (χ2n) is 4.74. The average Bonchev–Trinajstić information content (AvgIpc) is 2.82. The fourth-order valence-corrected chi connectivity index (χ4v) is 2.36. The third-order valence-corrected chi connectivity index (χ3v) is 3.47. The molecule has 0 spiro atoms. The minimum atomic E-state index is 0.619. The quantitative estimate of drug-likeness (QED) is 0.672. The Kier molecular flexibility index (Phi) is 4.18. The predicted octanol–water partition coefficient (Wildman–Crippen LogP) is 4.41. The van der Waals surface area contributed by atoms with Crippen LogP contribution in [0.15, 0.2) is 30.5 Å². The zero-order chi connectivity index (χ0) is 12.1. The molecule has 2 heterocycles. The summed E-state index contributed by atoms with van der Waals surface area (Å²) in [7, 11) is 0. The number of fused-ring (bicyclic) bond motifs is 1. The van der Waals surface area contributed by atoms with E-state index >= 15 is 0 Å². The highest BCUT2D eigenvalue weighted by Gasteiger charge is 2.11. The van der Waals surface area contributed by atoms with Gasteiger partial charge >= 0.3 is 0 Å². The lowest BCUT2D eigenvalue weighted by atomic mass is 9.95. The fourth-order valence-electron chi connectivity index (χ4n) is 2.36. The molecule has 2 nitrogen and oxygen atoms in total. The monoisotopic (exact) mass is 230 g/mol. The maximum absolute atomic E-state index is 4.70. The van der Waals surface area contributed by atoms with Gasteiger partial charge in [0.2, 0.25) is 0 Å². The lowest BCUT2D eigenvalue weighted by molar-refractivity contribution is 0.536. The third-order valence-electron chi connectivity index (χ3n) is 3.47. The minimum Gasteiger partial charge on any atom is -0.241 e. The van der Waals surface area contributed by atoms with Crippen LogP contribution in [0, 0.1) is 0 Å². The molecule has 0 saturated heterocycles. The molecule has 1 unspecified atom stereocenters. The molecule has 17 heavy (non-hydrogen) atoms.